The quantitative estimate of drug-likeness (QED) is 0.494. The highest BCUT2D eigenvalue weighted by Crippen LogP contribution is 2.25. The van der Waals surface area contributed by atoms with Gasteiger partial charge in [-0.25, -0.2) is 18.2 Å². The first-order valence-electron chi connectivity index (χ1n) is 6.17. The Morgan fingerprint density at radius 3 is 2.52 bits per heavy atom. The van der Waals surface area contributed by atoms with Crippen LogP contribution >= 0.6 is 12.1 Å². The molecule has 0 saturated heterocycles. The van der Waals surface area contributed by atoms with E-state index in [1.54, 1.807) is 24.3 Å². The molecule has 2 amide bonds. The largest absolute Gasteiger partial charge is 0.491 e. The van der Waals surface area contributed by atoms with Crippen molar-refractivity contribution in [1.29, 1.82) is 0 Å². The number of ether oxygens (including phenoxy) is 1. The Morgan fingerprint density at radius 1 is 1.38 bits per heavy atom. The predicted molar refractivity (Wildman–Crippen MR) is 77.6 cm³/mol. The van der Waals surface area contributed by atoms with E-state index in [4.69, 9.17) is 9.84 Å². The first kappa shape index (κ1) is 17.1. The van der Waals surface area contributed by atoms with Gasteiger partial charge in [-0.3, -0.25) is 0 Å². The maximum atomic E-state index is 13.1. The third-order valence-electron chi connectivity index (χ3n) is 2.34. The monoisotopic (exact) mass is 316 g/mol. The van der Waals surface area contributed by atoms with Gasteiger partial charge in [-0.1, -0.05) is 18.2 Å². The number of para-hydroxylation sites is 1. The highest BCUT2D eigenvalue weighted by Gasteiger charge is 2.21. The molecule has 0 radical (unpaired) electrons. The van der Waals surface area contributed by atoms with E-state index >= 15 is 0 Å². The fourth-order valence-electron chi connectivity index (χ4n) is 1.46. The number of nitrogens with zero attached hydrogens (tertiary/aromatic N) is 2. The molecule has 8 heteroatoms. The molecule has 0 unspecified atom stereocenters. The average Bonchev–Trinajstić information content (AvgIpc) is 2.39. The highest BCUT2D eigenvalue weighted by atomic mass is 32.2. The van der Waals surface area contributed by atoms with Crippen molar-refractivity contribution < 1.29 is 23.8 Å². The molecule has 0 aliphatic heterocycles. The summed E-state index contributed by atoms with van der Waals surface area (Å²) in [6.45, 7) is 3.59. The molecule has 0 aromatic heterocycles. The second-order valence-corrected chi connectivity index (χ2v) is 5.58. The van der Waals surface area contributed by atoms with Gasteiger partial charge in [0, 0.05) is 12.6 Å². The van der Waals surface area contributed by atoms with E-state index in [9.17, 15) is 14.0 Å². The lowest BCUT2D eigenvalue weighted by atomic mass is 10.2. The topological polar surface area (TPSA) is 70.1 Å². The van der Waals surface area contributed by atoms with Crippen molar-refractivity contribution in [2.75, 3.05) is 7.05 Å². The van der Waals surface area contributed by atoms with Crippen LogP contribution in [0.2, 0.25) is 0 Å². The number of rotatable bonds is 6. The van der Waals surface area contributed by atoms with E-state index in [-0.39, 0.29) is 12.6 Å². The van der Waals surface area contributed by atoms with Crippen LogP contribution in [0.3, 0.4) is 0 Å². The summed E-state index contributed by atoms with van der Waals surface area (Å²) >= 11 is 0.470. The maximum absolute atomic E-state index is 13.1. The Kier molecular flexibility index (Phi) is 6.29. The van der Waals surface area contributed by atoms with Gasteiger partial charge in [0.2, 0.25) is 0 Å². The summed E-state index contributed by atoms with van der Waals surface area (Å²) in [5.41, 5.74) is 0.587. The summed E-state index contributed by atoms with van der Waals surface area (Å²) in [7, 11) is 1.22. The van der Waals surface area contributed by atoms with Crippen LogP contribution in [0.25, 0.3) is 0 Å². The minimum absolute atomic E-state index is 0.0741. The molecule has 0 heterocycles. The molecule has 1 aromatic rings. The molecule has 0 aliphatic carbocycles. The summed E-state index contributed by atoms with van der Waals surface area (Å²) in [6.07, 6.45) is -3.08. The number of halogens is 1. The van der Waals surface area contributed by atoms with Crippen molar-refractivity contribution in [1.82, 2.24) is 8.61 Å². The van der Waals surface area contributed by atoms with Crippen molar-refractivity contribution >= 4 is 24.4 Å². The second kappa shape index (κ2) is 7.72. The van der Waals surface area contributed by atoms with Crippen LogP contribution in [-0.4, -0.2) is 39.1 Å². The van der Waals surface area contributed by atoms with Crippen LogP contribution in [-0.2, 0) is 6.54 Å². The van der Waals surface area contributed by atoms with Crippen LogP contribution < -0.4 is 4.74 Å². The van der Waals surface area contributed by atoms with Crippen LogP contribution in [0.5, 0.6) is 5.75 Å². The minimum atomic E-state index is -1.73. The zero-order valence-corrected chi connectivity index (χ0v) is 12.8. The molecule has 21 heavy (non-hydrogen) atoms. The van der Waals surface area contributed by atoms with Crippen molar-refractivity contribution in [3.8, 4) is 5.75 Å². The van der Waals surface area contributed by atoms with E-state index in [0.717, 1.165) is 4.31 Å². The predicted octanol–water partition coefficient (Wildman–Crippen LogP) is 3.54. The summed E-state index contributed by atoms with van der Waals surface area (Å²) < 4.78 is 20.1. The SMILES string of the molecule is CC(C)Oc1ccccc1CN(SN(C)C(=O)O)C(=O)F. The molecular formula is C13H17FN2O4S. The third kappa shape index (κ3) is 5.50. The zero-order chi connectivity index (χ0) is 16.0. The number of carboxylic acid groups (broad SMARTS) is 1. The van der Waals surface area contributed by atoms with Gasteiger partial charge in [0.15, 0.2) is 0 Å². The molecule has 6 nitrogen and oxygen atoms in total. The zero-order valence-electron chi connectivity index (χ0n) is 11.9. The van der Waals surface area contributed by atoms with Gasteiger partial charge >= 0.3 is 12.3 Å². The van der Waals surface area contributed by atoms with Crippen LogP contribution in [0.1, 0.15) is 19.4 Å². The van der Waals surface area contributed by atoms with Crippen LogP contribution in [0.4, 0.5) is 14.0 Å². The summed E-state index contributed by atoms with van der Waals surface area (Å²) in [5.74, 6) is 0.525. The third-order valence-corrected chi connectivity index (χ3v) is 3.21. The molecule has 0 aliphatic rings. The number of carbonyl (C=O) groups is 2. The number of hydrogen-bond acceptors (Lipinski definition) is 4. The van der Waals surface area contributed by atoms with Crippen molar-refractivity contribution in [3.05, 3.63) is 29.8 Å². The maximum Gasteiger partial charge on any atom is 0.418 e. The Hall–Kier alpha value is -1.96. The van der Waals surface area contributed by atoms with Crippen molar-refractivity contribution in [3.63, 3.8) is 0 Å². The fourth-order valence-corrected chi connectivity index (χ4v) is 2.09. The normalized spacial score (nSPS) is 10.3. The Morgan fingerprint density at radius 2 is 2.00 bits per heavy atom. The molecular weight excluding hydrogens is 299 g/mol. The molecule has 116 valence electrons. The second-order valence-electron chi connectivity index (χ2n) is 4.43. The van der Waals surface area contributed by atoms with Gasteiger partial charge in [0.25, 0.3) is 0 Å². The van der Waals surface area contributed by atoms with Gasteiger partial charge in [-0.05, 0) is 19.9 Å². The molecule has 1 rings (SSSR count). The first-order chi connectivity index (χ1) is 9.81. The minimum Gasteiger partial charge on any atom is -0.491 e. The van der Waals surface area contributed by atoms with E-state index in [0.29, 0.717) is 27.8 Å². The standard InChI is InChI=1S/C13H17FN2O4S/c1-9(2)20-11-7-5-4-6-10(11)8-16(12(14)17)21-15(3)13(18)19/h4-7,9H,8H2,1-3H3,(H,18,19). The lowest BCUT2D eigenvalue weighted by molar-refractivity contribution is 0.178. The smallest absolute Gasteiger partial charge is 0.418 e. The molecule has 0 bridgehead atoms. The van der Waals surface area contributed by atoms with Gasteiger partial charge in [0.05, 0.1) is 24.8 Å². The van der Waals surface area contributed by atoms with Gasteiger partial charge in [-0.15, -0.1) is 4.39 Å². The highest BCUT2D eigenvalue weighted by molar-refractivity contribution is 7.95. The first-order valence-corrected chi connectivity index (χ1v) is 6.90. The number of amides is 2. The average molecular weight is 316 g/mol. The number of hydrogen-bond donors (Lipinski definition) is 1. The van der Waals surface area contributed by atoms with Crippen LogP contribution in [0, 0.1) is 0 Å². The van der Waals surface area contributed by atoms with Gasteiger partial charge in [0.1, 0.15) is 5.75 Å². The Balaban J connectivity index is 2.89. The number of carbonyl (C=O) groups excluding carboxylic acids is 1. The Labute approximate surface area is 126 Å². The number of benzene rings is 1. The fraction of sp³-hybridized carbons (Fsp3) is 0.385. The summed E-state index contributed by atoms with van der Waals surface area (Å²) in [5, 5.41) is 8.77. The van der Waals surface area contributed by atoms with E-state index in [1.807, 2.05) is 13.8 Å². The summed E-state index contributed by atoms with van der Waals surface area (Å²) in [4.78, 5) is 21.8. The molecule has 0 atom stereocenters. The van der Waals surface area contributed by atoms with Gasteiger partial charge < -0.3 is 9.84 Å². The van der Waals surface area contributed by atoms with Crippen LogP contribution in [0.15, 0.2) is 24.3 Å². The molecule has 0 fully saturated rings. The van der Waals surface area contributed by atoms with E-state index < -0.39 is 12.3 Å². The lowest BCUT2D eigenvalue weighted by Gasteiger charge is -2.22. The molecule has 1 N–H and O–H groups in total. The Bertz CT molecular complexity index is 513. The van der Waals surface area contributed by atoms with Gasteiger partial charge in [-0.2, -0.15) is 0 Å². The van der Waals surface area contributed by atoms with E-state index in [2.05, 4.69) is 0 Å². The summed E-state index contributed by atoms with van der Waals surface area (Å²) in [6, 6.07) is 6.89. The van der Waals surface area contributed by atoms with Crippen molar-refractivity contribution in [2.24, 2.45) is 0 Å². The lowest BCUT2D eigenvalue weighted by Crippen LogP contribution is -2.28. The molecule has 0 saturated carbocycles. The van der Waals surface area contributed by atoms with E-state index in [1.165, 1.54) is 7.05 Å². The molecule has 1 aromatic carbocycles. The van der Waals surface area contributed by atoms with Crippen molar-refractivity contribution in [2.45, 2.75) is 26.5 Å². The molecule has 0 spiro atoms.